The van der Waals surface area contributed by atoms with Crippen molar-refractivity contribution < 1.29 is 0 Å². The Hall–Kier alpha value is -1.28. The van der Waals surface area contributed by atoms with Gasteiger partial charge in [0.25, 0.3) is 0 Å². The van der Waals surface area contributed by atoms with Crippen LogP contribution in [0, 0.1) is 6.92 Å². The quantitative estimate of drug-likeness (QED) is 0.767. The molecule has 1 fully saturated rings. The summed E-state index contributed by atoms with van der Waals surface area (Å²) in [6, 6.07) is 9.67. The highest BCUT2D eigenvalue weighted by Crippen LogP contribution is 2.21. The van der Waals surface area contributed by atoms with Gasteiger partial charge in [-0.25, -0.2) is 0 Å². The van der Waals surface area contributed by atoms with Gasteiger partial charge in [0.15, 0.2) is 0 Å². The van der Waals surface area contributed by atoms with E-state index >= 15 is 0 Å². The van der Waals surface area contributed by atoms with Gasteiger partial charge in [-0.05, 0) is 56.9 Å². The van der Waals surface area contributed by atoms with Crippen molar-refractivity contribution in [1.29, 1.82) is 0 Å². The fraction of sp³-hybridized carbons (Fsp3) is 0.467. The number of likely N-dealkylation sites (tertiary alicyclic amines) is 1. The summed E-state index contributed by atoms with van der Waals surface area (Å²) in [5.41, 5.74) is 2.71. The minimum absolute atomic E-state index is 0.715. The average Bonchev–Trinajstić information content (AvgIpc) is 2.87. The molecule has 17 heavy (non-hydrogen) atoms. The first-order chi connectivity index (χ1) is 8.24. The van der Waals surface area contributed by atoms with Crippen molar-refractivity contribution in [2.45, 2.75) is 32.4 Å². The van der Waals surface area contributed by atoms with Gasteiger partial charge in [0.05, 0.1) is 0 Å². The molecule has 0 spiro atoms. The van der Waals surface area contributed by atoms with Crippen LogP contribution in [0.2, 0.25) is 0 Å². The number of nitrogens with zero attached hydrogens (tertiary/aromatic N) is 2. The molecule has 0 bridgehead atoms. The fourth-order valence-corrected chi connectivity index (χ4v) is 2.92. The molecule has 2 heteroatoms. The van der Waals surface area contributed by atoms with Gasteiger partial charge in [-0.2, -0.15) is 0 Å². The lowest BCUT2D eigenvalue weighted by molar-refractivity contribution is 0.284. The SMILES string of the molecule is Cc1ccc2c(ccn2C[C@@H]2CCCN2C)c1. The Labute approximate surface area is 103 Å². The van der Waals surface area contributed by atoms with Crippen LogP contribution in [0.3, 0.4) is 0 Å². The fourth-order valence-electron chi connectivity index (χ4n) is 2.92. The molecule has 1 aliphatic heterocycles. The third-order valence-electron chi connectivity index (χ3n) is 4.01. The summed E-state index contributed by atoms with van der Waals surface area (Å²) >= 11 is 0. The van der Waals surface area contributed by atoms with Gasteiger partial charge >= 0.3 is 0 Å². The molecule has 0 radical (unpaired) electrons. The van der Waals surface area contributed by atoms with E-state index in [0.717, 1.165) is 6.54 Å². The predicted octanol–water partition coefficient (Wildman–Crippen LogP) is 3.04. The van der Waals surface area contributed by atoms with Crippen molar-refractivity contribution in [3.8, 4) is 0 Å². The minimum Gasteiger partial charge on any atom is -0.346 e. The van der Waals surface area contributed by atoms with Crippen LogP contribution in [-0.4, -0.2) is 29.1 Å². The van der Waals surface area contributed by atoms with Crippen LogP contribution < -0.4 is 0 Å². The van der Waals surface area contributed by atoms with E-state index in [1.807, 2.05) is 0 Å². The molecule has 1 saturated heterocycles. The van der Waals surface area contributed by atoms with Crippen molar-refractivity contribution in [2.24, 2.45) is 0 Å². The third-order valence-corrected chi connectivity index (χ3v) is 4.01. The lowest BCUT2D eigenvalue weighted by Gasteiger charge is -2.20. The van der Waals surface area contributed by atoms with Gasteiger partial charge in [0.1, 0.15) is 0 Å². The second kappa shape index (κ2) is 4.19. The van der Waals surface area contributed by atoms with Crippen LogP contribution in [0.1, 0.15) is 18.4 Å². The maximum Gasteiger partial charge on any atom is 0.0480 e. The molecule has 3 rings (SSSR count). The van der Waals surface area contributed by atoms with Gasteiger partial charge in [-0.3, -0.25) is 0 Å². The van der Waals surface area contributed by atoms with Crippen LogP contribution in [0.4, 0.5) is 0 Å². The van der Waals surface area contributed by atoms with Crippen molar-refractivity contribution in [1.82, 2.24) is 9.47 Å². The summed E-state index contributed by atoms with van der Waals surface area (Å²) in [7, 11) is 2.24. The van der Waals surface area contributed by atoms with E-state index in [9.17, 15) is 0 Å². The lowest BCUT2D eigenvalue weighted by atomic mass is 10.2. The number of aromatic nitrogens is 1. The summed E-state index contributed by atoms with van der Waals surface area (Å²) in [5, 5.41) is 1.37. The van der Waals surface area contributed by atoms with E-state index in [1.165, 1.54) is 35.9 Å². The number of hydrogen-bond acceptors (Lipinski definition) is 1. The normalized spacial score (nSPS) is 21.4. The number of aryl methyl sites for hydroxylation is 1. The molecule has 2 nitrogen and oxygen atoms in total. The second-order valence-corrected chi connectivity index (χ2v) is 5.31. The van der Waals surface area contributed by atoms with Crippen molar-refractivity contribution in [3.63, 3.8) is 0 Å². The minimum atomic E-state index is 0.715. The molecule has 2 aromatic rings. The third kappa shape index (κ3) is 1.98. The molecule has 2 heterocycles. The van der Waals surface area contributed by atoms with Gasteiger partial charge in [0.2, 0.25) is 0 Å². The molecule has 0 saturated carbocycles. The molecule has 0 N–H and O–H groups in total. The Morgan fingerprint density at radius 3 is 2.94 bits per heavy atom. The smallest absolute Gasteiger partial charge is 0.0480 e. The van der Waals surface area contributed by atoms with E-state index in [2.05, 4.69) is 53.9 Å². The number of benzene rings is 1. The second-order valence-electron chi connectivity index (χ2n) is 5.31. The largest absolute Gasteiger partial charge is 0.346 e. The van der Waals surface area contributed by atoms with Crippen LogP contribution >= 0.6 is 0 Å². The zero-order valence-electron chi connectivity index (χ0n) is 10.7. The monoisotopic (exact) mass is 228 g/mol. The topological polar surface area (TPSA) is 8.17 Å². The number of rotatable bonds is 2. The van der Waals surface area contributed by atoms with E-state index in [0.29, 0.717) is 6.04 Å². The van der Waals surface area contributed by atoms with E-state index in [1.54, 1.807) is 0 Å². The van der Waals surface area contributed by atoms with Crippen LogP contribution in [0.15, 0.2) is 30.5 Å². The lowest BCUT2D eigenvalue weighted by Crippen LogP contribution is -2.28. The Kier molecular flexibility index (Phi) is 2.67. The van der Waals surface area contributed by atoms with E-state index in [4.69, 9.17) is 0 Å². The molecule has 90 valence electrons. The molecule has 1 atom stereocenters. The Bertz CT molecular complexity index is 527. The zero-order chi connectivity index (χ0) is 11.8. The van der Waals surface area contributed by atoms with Crippen LogP contribution in [0.25, 0.3) is 10.9 Å². The van der Waals surface area contributed by atoms with Crippen molar-refractivity contribution in [2.75, 3.05) is 13.6 Å². The first-order valence-corrected chi connectivity index (χ1v) is 6.50. The van der Waals surface area contributed by atoms with E-state index in [-0.39, 0.29) is 0 Å². The molecule has 0 aliphatic carbocycles. The van der Waals surface area contributed by atoms with Gasteiger partial charge in [-0.15, -0.1) is 0 Å². The van der Waals surface area contributed by atoms with Gasteiger partial charge in [0, 0.05) is 24.3 Å². The molecule has 0 unspecified atom stereocenters. The zero-order valence-corrected chi connectivity index (χ0v) is 10.7. The van der Waals surface area contributed by atoms with Gasteiger partial charge in [-0.1, -0.05) is 11.6 Å². The standard InChI is InChI=1S/C15H20N2/c1-12-5-6-15-13(10-12)7-9-17(15)11-14-4-3-8-16(14)2/h5-7,9-10,14H,3-4,8,11H2,1-2H3/t14-/m0/s1. The van der Waals surface area contributed by atoms with Crippen LogP contribution in [-0.2, 0) is 6.54 Å². The first-order valence-electron chi connectivity index (χ1n) is 6.50. The Morgan fingerprint density at radius 2 is 2.18 bits per heavy atom. The highest BCUT2D eigenvalue weighted by Gasteiger charge is 2.21. The van der Waals surface area contributed by atoms with Gasteiger partial charge < -0.3 is 9.47 Å². The van der Waals surface area contributed by atoms with Crippen molar-refractivity contribution in [3.05, 3.63) is 36.0 Å². The molecule has 1 aromatic carbocycles. The van der Waals surface area contributed by atoms with Crippen molar-refractivity contribution >= 4 is 10.9 Å². The molecule has 1 aromatic heterocycles. The summed E-state index contributed by atoms with van der Waals surface area (Å²) in [5.74, 6) is 0. The summed E-state index contributed by atoms with van der Waals surface area (Å²) in [4.78, 5) is 2.49. The molecule has 1 aliphatic rings. The van der Waals surface area contributed by atoms with Crippen LogP contribution in [0.5, 0.6) is 0 Å². The summed E-state index contributed by atoms with van der Waals surface area (Å²) < 4.78 is 2.40. The molecular weight excluding hydrogens is 208 g/mol. The number of fused-ring (bicyclic) bond motifs is 1. The molecule has 0 amide bonds. The summed E-state index contributed by atoms with van der Waals surface area (Å²) in [6.45, 7) is 4.54. The average molecular weight is 228 g/mol. The first kappa shape index (κ1) is 10.8. The Morgan fingerprint density at radius 1 is 1.29 bits per heavy atom. The maximum absolute atomic E-state index is 2.49. The highest BCUT2D eigenvalue weighted by molar-refractivity contribution is 5.80. The highest BCUT2D eigenvalue weighted by atomic mass is 15.2. The number of hydrogen-bond donors (Lipinski definition) is 0. The summed E-state index contributed by atoms with van der Waals surface area (Å²) in [6.07, 6.45) is 4.91. The maximum atomic E-state index is 2.49. The predicted molar refractivity (Wildman–Crippen MR) is 72.3 cm³/mol. The molecular formula is C15H20N2. The van der Waals surface area contributed by atoms with E-state index < -0.39 is 0 Å². The Balaban J connectivity index is 1.90. The number of likely N-dealkylation sites (N-methyl/N-ethyl adjacent to an activating group) is 1.